The molecule has 1 aromatic carbocycles. The number of carboxylic acids is 1. The number of methoxy groups -OCH3 is 1. The Hall–Kier alpha value is -1.90. The molecule has 1 aromatic rings. The Morgan fingerprint density at radius 2 is 1.90 bits per heavy atom. The van der Waals surface area contributed by atoms with Crippen molar-refractivity contribution in [3.05, 3.63) is 36.4 Å². The predicted octanol–water partition coefficient (Wildman–Crippen LogP) is 2.59. The molecule has 0 aliphatic carbocycles. The third-order valence-electron chi connectivity index (χ3n) is 6.82. The lowest BCUT2D eigenvalue weighted by Gasteiger charge is -2.56. The number of piperidine rings is 3. The first-order chi connectivity index (χ1) is 14.4. The van der Waals surface area contributed by atoms with Crippen molar-refractivity contribution in [2.24, 2.45) is 11.8 Å². The SMILES string of the molecule is COc1ccc(S(=O)(=O)N2C[C@@H]3CCCN4CCC[C@@H]([C@H]34)[C@H]2/C=C/CC(=O)O)cc1. The van der Waals surface area contributed by atoms with Crippen LogP contribution in [0.15, 0.2) is 41.3 Å². The molecule has 0 aromatic heterocycles. The quantitative estimate of drug-likeness (QED) is 0.693. The van der Waals surface area contributed by atoms with Gasteiger partial charge < -0.3 is 9.84 Å². The monoisotopic (exact) mass is 434 g/mol. The van der Waals surface area contributed by atoms with Gasteiger partial charge in [0.05, 0.1) is 18.4 Å². The fraction of sp³-hybridized carbons (Fsp3) is 0.591. The predicted molar refractivity (Wildman–Crippen MR) is 113 cm³/mol. The van der Waals surface area contributed by atoms with Gasteiger partial charge in [-0.1, -0.05) is 12.2 Å². The third-order valence-corrected chi connectivity index (χ3v) is 8.70. The molecule has 0 spiro atoms. The molecule has 0 bridgehead atoms. The van der Waals surface area contributed by atoms with E-state index in [1.54, 1.807) is 41.8 Å². The maximum atomic E-state index is 13.7. The van der Waals surface area contributed by atoms with Crippen molar-refractivity contribution in [3.8, 4) is 5.75 Å². The smallest absolute Gasteiger partial charge is 0.307 e. The molecule has 0 unspecified atom stereocenters. The van der Waals surface area contributed by atoms with E-state index in [1.165, 1.54) is 0 Å². The molecule has 4 rings (SSSR count). The number of nitrogens with zero attached hydrogens (tertiary/aromatic N) is 2. The van der Waals surface area contributed by atoms with Gasteiger partial charge in [-0.3, -0.25) is 9.69 Å². The van der Waals surface area contributed by atoms with Crippen LogP contribution < -0.4 is 4.74 Å². The molecular formula is C22H30N2O5S. The molecule has 7 nitrogen and oxygen atoms in total. The van der Waals surface area contributed by atoms with Gasteiger partial charge in [-0.2, -0.15) is 4.31 Å². The van der Waals surface area contributed by atoms with Crippen LogP contribution in [-0.4, -0.2) is 67.5 Å². The van der Waals surface area contributed by atoms with Crippen LogP contribution in [0.1, 0.15) is 32.1 Å². The third kappa shape index (κ3) is 4.00. The van der Waals surface area contributed by atoms with Crippen molar-refractivity contribution in [1.82, 2.24) is 9.21 Å². The van der Waals surface area contributed by atoms with E-state index in [0.717, 1.165) is 38.8 Å². The van der Waals surface area contributed by atoms with Crippen LogP contribution in [0.2, 0.25) is 0 Å². The first-order valence-corrected chi connectivity index (χ1v) is 12.1. The Morgan fingerprint density at radius 1 is 1.20 bits per heavy atom. The lowest BCUT2D eigenvalue weighted by Crippen LogP contribution is -2.65. The molecule has 0 radical (unpaired) electrons. The minimum atomic E-state index is -3.71. The summed E-state index contributed by atoms with van der Waals surface area (Å²) in [5.41, 5.74) is 0. The molecule has 30 heavy (non-hydrogen) atoms. The number of benzene rings is 1. The molecule has 3 aliphatic heterocycles. The van der Waals surface area contributed by atoms with Gasteiger partial charge in [-0.05, 0) is 74.9 Å². The number of carboxylic acid groups (broad SMARTS) is 1. The Balaban J connectivity index is 1.70. The zero-order valence-electron chi connectivity index (χ0n) is 17.3. The number of hydrogen-bond acceptors (Lipinski definition) is 5. The minimum absolute atomic E-state index is 0.0997. The highest BCUT2D eigenvalue weighted by molar-refractivity contribution is 7.89. The molecule has 3 heterocycles. The van der Waals surface area contributed by atoms with Gasteiger partial charge >= 0.3 is 5.97 Å². The van der Waals surface area contributed by atoms with E-state index in [4.69, 9.17) is 9.84 Å². The van der Waals surface area contributed by atoms with E-state index in [9.17, 15) is 13.2 Å². The molecule has 8 heteroatoms. The normalized spacial score (nSPS) is 30.2. The second-order valence-corrected chi connectivity index (χ2v) is 10.4. The summed E-state index contributed by atoms with van der Waals surface area (Å²) in [5.74, 6) is 0.213. The average Bonchev–Trinajstić information content (AvgIpc) is 2.75. The van der Waals surface area contributed by atoms with Crippen LogP contribution in [0.25, 0.3) is 0 Å². The molecule has 0 saturated carbocycles. The zero-order chi connectivity index (χ0) is 21.3. The van der Waals surface area contributed by atoms with E-state index >= 15 is 0 Å². The highest BCUT2D eigenvalue weighted by atomic mass is 32.2. The van der Waals surface area contributed by atoms with Gasteiger partial charge in [0.25, 0.3) is 0 Å². The maximum absolute atomic E-state index is 13.7. The fourth-order valence-electron chi connectivity index (χ4n) is 5.58. The summed E-state index contributed by atoms with van der Waals surface area (Å²) in [6, 6.07) is 6.57. The number of rotatable bonds is 6. The molecule has 3 aliphatic rings. The standard InChI is InChI=1S/C22H30N2O5S/c1-29-17-9-11-18(12-10-17)30(27,28)24-15-16-5-3-13-23-14-4-6-19(22(16)23)20(24)7-2-8-21(25)26/h2,7,9-12,16,19-20,22H,3-6,8,13-15H2,1H3,(H,25,26)/b7-2+/t16-,19+,20+,22-/m0/s1. The number of aliphatic carboxylic acids is 1. The van der Waals surface area contributed by atoms with Crippen molar-refractivity contribution in [2.75, 3.05) is 26.7 Å². The number of hydrogen-bond donors (Lipinski definition) is 1. The Bertz CT molecular complexity index is 897. The lowest BCUT2D eigenvalue weighted by atomic mass is 9.70. The number of carbonyl (C=O) groups is 1. The molecule has 4 atom stereocenters. The summed E-state index contributed by atoms with van der Waals surface area (Å²) in [6.45, 7) is 2.64. The number of sulfonamides is 1. The second-order valence-electron chi connectivity index (χ2n) is 8.50. The number of ether oxygens (including phenoxy) is 1. The fourth-order valence-corrected chi connectivity index (χ4v) is 7.27. The molecule has 164 valence electrons. The highest BCUT2D eigenvalue weighted by Gasteiger charge is 2.50. The van der Waals surface area contributed by atoms with Gasteiger partial charge in [0.1, 0.15) is 5.75 Å². The molecule has 0 amide bonds. The van der Waals surface area contributed by atoms with Gasteiger partial charge in [-0.25, -0.2) is 8.42 Å². The van der Waals surface area contributed by atoms with Gasteiger partial charge in [0.15, 0.2) is 0 Å². The summed E-state index contributed by atoms with van der Waals surface area (Å²) in [5, 5.41) is 9.06. The Morgan fingerprint density at radius 3 is 2.57 bits per heavy atom. The molecule has 3 saturated heterocycles. The second kappa shape index (κ2) is 8.69. The summed E-state index contributed by atoms with van der Waals surface area (Å²) >= 11 is 0. The van der Waals surface area contributed by atoms with Gasteiger partial charge in [0.2, 0.25) is 10.0 Å². The maximum Gasteiger partial charge on any atom is 0.307 e. The van der Waals surface area contributed by atoms with Crippen LogP contribution in [0.3, 0.4) is 0 Å². The molecule has 3 fully saturated rings. The topological polar surface area (TPSA) is 87.2 Å². The van der Waals surface area contributed by atoms with E-state index in [1.807, 2.05) is 6.08 Å². The summed E-state index contributed by atoms with van der Waals surface area (Å²) in [6.07, 6.45) is 7.50. The first-order valence-electron chi connectivity index (χ1n) is 10.7. The summed E-state index contributed by atoms with van der Waals surface area (Å²) in [7, 11) is -2.16. The first kappa shape index (κ1) is 21.3. The lowest BCUT2D eigenvalue weighted by molar-refractivity contribution is -0.136. The molecular weight excluding hydrogens is 404 g/mol. The van der Waals surface area contributed by atoms with Crippen LogP contribution in [0.5, 0.6) is 5.75 Å². The van der Waals surface area contributed by atoms with Gasteiger partial charge in [-0.15, -0.1) is 0 Å². The summed E-state index contributed by atoms with van der Waals surface area (Å²) < 4.78 is 34.1. The summed E-state index contributed by atoms with van der Waals surface area (Å²) in [4.78, 5) is 13.8. The van der Waals surface area contributed by atoms with Crippen molar-refractivity contribution >= 4 is 16.0 Å². The Labute approximate surface area is 178 Å². The minimum Gasteiger partial charge on any atom is -0.497 e. The van der Waals surface area contributed by atoms with Crippen molar-refractivity contribution < 1.29 is 23.1 Å². The van der Waals surface area contributed by atoms with Crippen LogP contribution in [0, 0.1) is 11.8 Å². The molecule has 1 N–H and O–H groups in total. The van der Waals surface area contributed by atoms with E-state index < -0.39 is 16.0 Å². The van der Waals surface area contributed by atoms with E-state index in [0.29, 0.717) is 24.3 Å². The van der Waals surface area contributed by atoms with Crippen molar-refractivity contribution in [3.63, 3.8) is 0 Å². The average molecular weight is 435 g/mol. The van der Waals surface area contributed by atoms with Crippen LogP contribution in [-0.2, 0) is 14.8 Å². The largest absolute Gasteiger partial charge is 0.497 e. The Kier molecular flexibility index (Phi) is 6.18. The zero-order valence-corrected chi connectivity index (χ0v) is 18.1. The van der Waals surface area contributed by atoms with E-state index in [2.05, 4.69) is 4.90 Å². The van der Waals surface area contributed by atoms with Crippen LogP contribution in [0.4, 0.5) is 0 Å². The van der Waals surface area contributed by atoms with Crippen molar-refractivity contribution in [2.45, 2.75) is 49.1 Å². The van der Waals surface area contributed by atoms with Gasteiger partial charge in [0, 0.05) is 18.6 Å². The van der Waals surface area contributed by atoms with Crippen molar-refractivity contribution in [1.29, 1.82) is 0 Å². The van der Waals surface area contributed by atoms with E-state index in [-0.39, 0.29) is 23.3 Å². The highest BCUT2D eigenvalue weighted by Crippen LogP contribution is 2.44. The van der Waals surface area contributed by atoms with Crippen LogP contribution >= 0.6 is 0 Å².